The van der Waals surface area contributed by atoms with Gasteiger partial charge in [-0.2, -0.15) is 13.2 Å². The largest absolute Gasteiger partial charge is 0.469 e. The predicted octanol–water partition coefficient (Wildman–Crippen LogP) is 2.95. The van der Waals surface area contributed by atoms with E-state index in [1.807, 2.05) is 0 Å². The number of ether oxygens (including phenoxy) is 1. The number of hydrogen-bond donors (Lipinski definition) is 0. The summed E-state index contributed by atoms with van der Waals surface area (Å²) >= 11 is 0. The van der Waals surface area contributed by atoms with E-state index >= 15 is 0 Å². The Balaban J connectivity index is 2.76. The van der Waals surface area contributed by atoms with E-state index in [9.17, 15) is 18.0 Å². The van der Waals surface area contributed by atoms with Crippen molar-refractivity contribution in [3.05, 3.63) is 35.4 Å². The van der Waals surface area contributed by atoms with Crippen LogP contribution in [0.25, 0.3) is 0 Å². The van der Waals surface area contributed by atoms with Gasteiger partial charge in [-0.1, -0.05) is 25.1 Å². The SMILES string of the molecule is COC(=O)C(C)CN(C)Cc1ccccc1C(F)(F)F. The summed E-state index contributed by atoms with van der Waals surface area (Å²) in [5, 5.41) is 0. The van der Waals surface area contributed by atoms with E-state index in [4.69, 9.17) is 0 Å². The summed E-state index contributed by atoms with van der Waals surface area (Å²) in [6, 6.07) is 5.45. The van der Waals surface area contributed by atoms with Crippen LogP contribution in [0.1, 0.15) is 18.1 Å². The average Bonchev–Trinajstić information content (AvgIpc) is 2.36. The molecule has 0 N–H and O–H groups in total. The van der Waals surface area contributed by atoms with Crippen LogP contribution in [0.4, 0.5) is 13.2 Å². The van der Waals surface area contributed by atoms with Crippen molar-refractivity contribution >= 4 is 5.97 Å². The van der Waals surface area contributed by atoms with Gasteiger partial charge in [-0.05, 0) is 18.7 Å². The van der Waals surface area contributed by atoms with Gasteiger partial charge in [0, 0.05) is 13.1 Å². The van der Waals surface area contributed by atoms with E-state index in [0.29, 0.717) is 6.54 Å². The van der Waals surface area contributed by atoms with Crippen LogP contribution in [0, 0.1) is 5.92 Å². The van der Waals surface area contributed by atoms with Gasteiger partial charge in [0.05, 0.1) is 18.6 Å². The van der Waals surface area contributed by atoms with Crippen LogP contribution in [0.2, 0.25) is 0 Å². The van der Waals surface area contributed by atoms with Crippen molar-refractivity contribution < 1.29 is 22.7 Å². The Kier molecular flexibility index (Phi) is 5.56. The zero-order valence-corrected chi connectivity index (χ0v) is 11.7. The summed E-state index contributed by atoms with van der Waals surface area (Å²) in [7, 11) is 2.96. The first kappa shape index (κ1) is 16.5. The van der Waals surface area contributed by atoms with Gasteiger partial charge < -0.3 is 9.64 Å². The number of nitrogens with zero attached hydrogens (tertiary/aromatic N) is 1. The van der Waals surface area contributed by atoms with Crippen LogP contribution >= 0.6 is 0 Å². The van der Waals surface area contributed by atoms with Gasteiger partial charge in [0.1, 0.15) is 0 Å². The second-order valence-electron chi connectivity index (χ2n) is 4.78. The number of halogens is 3. The van der Waals surface area contributed by atoms with Crippen molar-refractivity contribution in [1.82, 2.24) is 4.90 Å². The first-order chi connectivity index (χ1) is 9.25. The summed E-state index contributed by atoms with van der Waals surface area (Å²) in [5.74, 6) is -0.760. The van der Waals surface area contributed by atoms with Crippen LogP contribution in [-0.4, -0.2) is 31.6 Å². The molecule has 20 heavy (non-hydrogen) atoms. The lowest BCUT2D eigenvalue weighted by atomic mass is 10.1. The van der Waals surface area contributed by atoms with Gasteiger partial charge in [0.25, 0.3) is 0 Å². The molecule has 0 spiro atoms. The number of rotatable bonds is 5. The molecule has 0 saturated carbocycles. The molecule has 3 nitrogen and oxygen atoms in total. The van der Waals surface area contributed by atoms with Crippen molar-refractivity contribution in [2.24, 2.45) is 5.92 Å². The Morgan fingerprint density at radius 2 is 1.95 bits per heavy atom. The maximum absolute atomic E-state index is 12.9. The molecule has 0 bridgehead atoms. The molecule has 0 aliphatic carbocycles. The van der Waals surface area contributed by atoms with Crippen LogP contribution in [0.3, 0.4) is 0 Å². The smallest absolute Gasteiger partial charge is 0.416 e. The fourth-order valence-electron chi connectivity index (χ4n) is 2.03. The molecule has 6 heteroatoms. The Bertz CT molecular complexity index is 460. The molecule has 0 aliphatic rings. The van der Waals surface area contributed by atoms with Crippen molar-refractivity contribution in [3.8, 4) is 0 Å². The minimum absolute atomic E-state index is 0.122. The third kappa shape index (κ3) is 4.52. The Labute approximate surface area is 116 Å². The number of hydrogen-bond acceptors (Lipinski definition) is 3. The number of carbonyl (C=O) groups is 1. The lowest BCUT2D eigenvalue weighted by Gasteiger charge is -2.22. The van der Waals surface area contributed by atoms with Gasteiger partial charge in [-0.3, -0.25) is 4.79 Å². The molecule has 0 aliphatic heterocycles. The molecular weight excluding hydrogens is 271 g/mol. The molecule has 0 heterocycles. The highest BCUT2D eigenvalue weighted by molar-refractivity contribution is 5.72. The van der Waals surface area contributed by atoms with E-state index in [2.05, 4.69) is 4.74 Å². The van der Waals surface area contributed by atoms with Gasteiger partial charge in [0.15, 0.2) is 0 Å². The standard InChI is InChI=1S/C14H18F3NO2/c1-10(13(19)20-3)8-18(2)9-11-6-4-5-7-12(11)14(15,16)17/h4-7,10H,8-9H2,1-3H3. The van der Waals surface area contributed by atoms with E-state index in [1.54, 1.807) is 24.9 Å². The second-order valence-corrected chi connectivity index (χ2v) is 4.78. The Morgan fingerprint density at radius 1 is 1.35 bits per heavy atom. The lowest BCUT2D eigenvalue weighted by molar-refractivity contribution is -0.145. The van der Waals surface area contributed by atoms with Crippen LogP contribution in [0.15, 0.2) is 24.3 Å². The molecule has 0 fully saturated rings. The number of esters is 1. The van der Waals surface area contributed by atoms with Crippen molar-refractivity contribution in [1.29, 1.82) is 0 Å². The second kappa shape index (κ2) is 6.74. The molecule has 1 atom stereocenters. The maximum atomic E-state index is 12.9. The molecule has 1 aromatic rings. The van der Waals surface area contributed by atoms with Crippen molar-refractivity contribution in [2.75, 3.05) is 20.7 Å². The molecule has 0 amide bonds. The van der Waals surface area contributed by atoms with Gasteiger partial charge in [0.2, 0.25) is 0 Å². The number of alkyl halides is 3. The number of methoxy groups -OCH3 is 1. The Hall–Kier alpha value is -1.56. The minimum atomic E-state index is -4.37. The van der Waals surface area contributed by atoms with E-state index in [-0.39, 0.29) is 24.0 Å². The zero-order chi connectivity index (χ0) is 15.3. The molecular formula is C14H18F3NO2. The van der Waals surface area contributed by atoms with Gasteiger partial charge >= 0.3 is 12.1 Å². The van der Waals surface area contributed by atoms with E-state index in [0.717, 1.165) is 6.07 Å². The molecule has 0 radical (unpaired) electrons. The van der Waals surface area contributed by atoms with Gasteiger partial charge in [-0.15, -0.1) is 0 Å². The average molecular weight is 289 g/mol. The number of carbonyl (C=O) groups excluding carboxylic acids is 1. The van der Waals surface area contributed by atoms with Crippen LogP contribution < -0.4 is 0 Å². The fraction of sp³-hybridized carbons (Fsp3) is 0.500. The Morgan fingerprint density at radius 3 is 2.50 bits per heavy atom. The lowest BCUT2D eigenvalue weighted by Crippen LogP contribution is -2.29. The summed E-state index contributed by atoms with van der Waals surface area (Å²) < 4.78 is 43.1. The first-order valence-corrected chi connectivity index (χ1v) is 6.17. The molecule has 1 aromatic carbocycles. The van der Waals surface area contributed by atoms with Crippen molar-refractivity contribution in [3.63, 3.8) is 0 Å². The minimum Gasteiger partial charge on any atom is -0.469 e. The first-order valence-electron chi connectivity index (χ1n) is 6.17. The van der Waals surface area contributed by atoms with Crippen LogP contribution in [0.5, 0.6) is 0 Å². The third-order valence-corrected chi connectivity index (χ3v) is 2.95. The van der Waals surface area contributed by atoms with E-state index in [1.165, 1.54) is 19.2 Å². The topological polar surface area (TPSA) is 29.5 Å². The van der Waals surface area contributed by atoms with E-state index < -0.39 is 11.7 Å². The van der Waals surface area contributed by atoms with Crippen LogP contribution in [-0.2, 0) is 22.3 Å². The molecule has 0 aromatic heterocycles. The third-order valence-electron chi connectivity index (χ3n) is 2.95. The summed E-state index contributed by atoms with van der Waals surface area (Å²) in [5.41, 5.74) is -0.447. The quantitative estimate of drug-likeness (QED) is 0.781. The maximum Gasteiger partial charge on any atom is 0.416 e. The normalized spacial score (nSPS) is 13.3. The summed E-state index contributed by atoms with van der Waals surface area (Å²) in [6.07, 6.45) is -4.37. The highest BCUT2D eigenvalue weighted by Gasteiger charge is 2.33. The molecule has 112 valence electrons. The van der Waals surface area contributed by atoms with Gasteiger partial charge in [-0.25, -0.2) is 0 Å². The highest BCUT2D eigenvalue weighted by atomic mass is 19.4. The van der Waals surface area contributed by atoms with Crippen molar-refractivity contribution in [2.45, 2.75) is 19.6 Å². The summed E-state index contributed by atoms with van der Waals surface area (Å²) in [4.78, 5) is 13.0. The molecule has 1 unspecified atom stereocenters. The fourth-order valence-corrected chi connectivity index (χ4v) is 2.03. The highest BCUT2D eigenvalue weighted by Crippen LogP contribution is 2.32. The molecule has 1 rings (SSSR count). The monoisotopic (exact) mass is 289 g/mol. The zero-order valence-electron chi connectivity index (χ0n) is 11.7. The molecule has 0 saturated heterocycles. The summed E-state index contributed by atoms with van der Waals surface area (Å²) in [6.45, 7) is 2.13. The predicted molar refractivity (Wildman–Crippen MR) is 69.0 cm³/mol. The number of benzene rings is 1.